The van der Waals surface area contributed by atoms with Gasteiger partial charge in [-0.05, 0) is 45.8 Å². The van der Waals surface area contributed by atoms with E-state index in [9.17, 15) is 19.6 Å². The number of nitrogens with one attached hydrogen (secondary N) is 2. The molecule has 3 rings (SSSR count). The highest BCUT2D eigenvalue weighted by atomic mass is 79.9. The lowest BCUT2D eigenvalue weighted by atomic mass is 9.78. The van der Waals surface area contributed by atoms with Gasteiger partial charge in [0.1, 0.15) is 11.7 Å². The van der Waals surface area contributed by atoms with Crippen LogP contribution in [-0.4, -0.2) is 37.8 Å². The van der Waals surface area contributed by atoms with Crippen molar-refractivity contribution in [3.05, 3.63) is 67.1 Å². The number of carbonyl (C=O) groups excluding carboxylic acids is 3. The Bertz CT molecular complexity index is 1260. The largest absolute Gasteiger partial charge is 0.496 e. The Hall–Kier alpha value is -2.71. The molecule has 1 heterocycles. The Morgan fingerprint density at radius 2 is 2.00 bits per heavy atom. The fourth-order valence-corrected chi connectivity index (χ4v) is 5.23. The molecular formula is C23H18BrCl2N3O5S. The van der Waals surface area contributed by atoms with E-state index in [0.717, 1.165) is 11.8 Å². The van der Waals surface area contributed by atoms with Crippen LogP contribution < -0.4 is 15.4 Å². The lowest BCUT2D eigenvalue weighted by Crippen LogP contribution is -2.44. The first-order valence-corrected chi connectivity index (χ1v) is 12.5. The Morgan fingerprint density at radius 1 is 1.26 bits per heavy atom. The van der Waals surface area contributed by atoms with Crippen LogP contribution in [0.3, 0.4) is 0 Å². The minimum Gasteiger partial charge on any atom is -0.496 e. The van der Waals surface area contributed by atoms with E-state index >= 15 is 0 Å². The number of nitrogens with zero attached hydrogens (tertiary/aromatic N) is 1. The molecule has 182 valence electrons. The molecule has 2 N–H and O–H groups in total. The summed E-state index contributed by atoms with van der Waals surface area (Å²) in [5, 5.41) is 15.9. The summed E-state index contributed by atoms with van der Waals surface area (Å²) in [5.41, 5.74) is 0.974. The molecule has 0 saturated carbocycles. The number of hydrogen-bond acceptors (Lipinski definition) is 7. The minimum absolute atomic E-state index is 0.121. The number of amides is 2. The summed E-state index contributed by atoms with van der Waals surface area (Å²) in [6.45, 7) is 0. The molecule has 0 unspecified atom stereocenters. The fourth-order valence-electron chi connectivity index (χ4n) is 3.48. The van der Waals surface area contributed by atoms with Crippen molar-refractivity contribution in [1.82, 2.24) is 5.32 Å². The summed E-state index contributed by atoms with van der Waals surface area (Å²) in [4.78, 5) is 38.0. The zero-order valence-corrected chi connectivity index (χ0v) is 22.3. The van der Waals surface area contributed by atoms with Crippen molar-refractivity contribution in [3.8, 4) is 11.8 Å². The van der Waals surface area contributed by atoms with Crippen LogP contribution in [0, 0.1) is 17.2 Å². The zero-order chi connectivity index (χ0) is 25.7. The number of benzene rings is 2. The molecule has 1 aliphatic heterocycles. The van der Waals surface area contributed by atoms with Crippen LogP contribution >= 0.6 is 50.9 Å². The predicted octanol–water partition coefficient (Wildman–Crippen LogP) is 4.87. The van der Waals surface area contributed by atoms with Gasteiger partial charge in [0.15, 0.2) is 0 Å². The SMILES string of the molecule is COC(=O)[C@@H]1C(=O)NC(SCC(=O)Nc2cccc(Cl)c2Cl)=C(C#N)[C@H]1c1ccc(OC)c(Br)c1. The molecule has 0 saturated heterocycles. The molecule has 0 aromatic heterocycles. The molecule has 2 aromatic carbocycles. The molecule has 0 aliphatic carbocycles. The highest BCUT2D eigenvalue weighted by Gasteiger charge is 2.44. The lowest BCUT2D eigenvalue weighted by molar-refractivity contribution is -0.150. The van der Waals surface area contributed by atoms with Gasteiger partial charge in [-0.2, -0.15) is 5.26 Å². The second kappa shape index (κ2) is 11.8. The van der Waals surface area contributed by atoms with Crippen LogP contribution in [0.4, 0.5) is 5.69 Å². The maximum Gasteiger partial charge on any atom is 0.319 e. The molecule has 2 aromatic rings. The molecule has 0 bridgehead atoms. The molecule has 0 radical (unpaired) electrons. The van der Waals surface area contributed by atoms with Crippen LogP contribution in [0.1, 0.15) is 11.5 Å². The van der Waals surface area contributed by atoms with Gasteiger partial charge in [-0.3, -0.25) is 14.4 Å². The fraction of sp³-hybridized carbons (Fsp3) is 0.217. The number of carbonyl (C=O) groups is 3. The first-order chi connectivity index (χ1) is 16.7. The minimum atomic E-state index is -1.29. The van der Waals surface area contributed by atoms with Crippen molar-refractivity contribution in [3.63, 3.8) is 0 Å². The summed E-state index contributed by atoms with van der Waals surface area (Å²) in [7, 11) is 2.67. The highest BCUT2D eigenvalue weighted by molar-refractivity contribution is 9.10. The molecule has 1 aliphatic rings. The van der Waals surface area contributed by atoms with Crippen molar-refractivity contribution >= 4 is 74.4 Å². The third-order valence-electron chi connectivity index (χ3n) is 5.09. The maximum atomic E-state index is 12.9. The van der Waals surface area contributed by atoms with E-state index in [2.05, 4.69) is 32.6 Å². The van der Waals surface area contributed by atoms with Gasteiger partial charge in [0.25, 0.3) is 0 Å². The highest BCUT2D eigenvalue weighted by Crippen LogP contribution is 2.42. The summed E-state index contributed by atoms with van der Waals surface area (Å²) < 4.78 is 10.7. The van der Waals surface area contributed by atoms with Gasteiger partial charge in [0.2, 0.25) is 11.8 Å². The third-order valence-corrected chi connectivity index (χ3v) is 7.55. The first kappa shape index (κ1) is 26.9. The monoisotopic (exact) mass is 597 g/mol. The summed E-state index contributed by atoms with van der Waals surface area (Å²) in [6.07, 6.45) is 0. The van der Waals surface area contributed by atoms with Crippen molar-refractivity contribution in [2.45, 2.75) is 5.92 Å². The molecule has 2 atom stereocenters. The number of nitriles is 1. The molecule has 0 spiro atoms. The normalized spacial score (nSPS) is 17.3. The van der Waals surface area contributed by atoms with Gasteiger partial charge in [0.05, 0.1) is 56.8 Å². The number of thioether (sulfide) groups is 1. The Balaban J connectivity index is 1.93. The zero-order valence-electron chi connectivity index (χ0n) is 18.4. The molecule has 12 heteroatoms. The van der Waals surface area contributed by atoms with Crippen molar-refractivity contribution < 1.29 is 23.9 Å². The number of methoxy groups -OCH3 is 2. The summed E-state index contributed by atoms with van der Waals surface area (Å²) in [6, 6.07) is 11.9. The molecule has 0 fully saturated rings. The summed E-state index contributed by atoms with van der Waals surface area (Å²) in [5.74, 6) is -3.70. The van der Waals surface area contributed by atoms with Gasteiger partial charge in [0, 0.05) is 5.92 Å². The molecule has 35 heavy (non-hydrogen) atoms. The number of hydrogen-bond donors (Lipinski definition) is 2. The topological polar surface area (TPSA) is 118 Å². The number of ether oxygens (including phenoxy) is 2. The van der Waals surface area contributed by atoms with E-state index in [1.807, 2.05) is 0 Å². The van der Waals surface area contributed by atoms with Crippen LogP contribution in [-0.2, 0) is 19.1 Å². The number of halogens is 3. The molecular weight excluding hydrogens is 581 g/mol. The quantitative estimate of drug-likeness (QED) is 0.345. The van der Waals surface area contributed by atoms with Crippen molar-refractivity contribution in [1.29, 1.82) is 5.26 Å². The van der Waals surface area contributed by atoms with Gasteiger partial charge >= 0.3 is 5.97 Å². The number of anilines is 1. The van der Waals surface area contributed by atoms with Crippen molar-refractivity contribution in [2.24, 2.45) is 5.92 Å². The number of allylic oxidation sites excluding steroid dienone is 1. The van der Waals surface area contributed by atoms with E-state index in [0.29, 0.717) is 21.5 Å². The molecule has 2 amide bonds. The van der Waals surface area contributed by atoms with E-state index in [1.54, 1.807) is 36.4 Å². The predicted molar refractivity (Wildman–Crippen MR) is 137 cm³/mol. The standard InChI is InChI=1S/C23H18BrCl2N3O5S/c1-33-16-7-6-11(8-13(16)24)18-12(9-27)22(29-21(31)19(18)23(32)34-2)35-10-17(30)28-15-5-3-4-14(25)20(15)26/h3-8,18-19H,10H2,1-2H3,(H,28,30)(H,29,31)/t18-,19+/m1/s1. The van der Waals surface area contributed by atoms with Crippen LogP contribution in [0.2, 0.25) is 10.0 Å². The van der Waals surface area contributed by atoms with E-state index in [1.165, 1.54) is 14.2 Å². The summed E-state index contributed by atoms with van der Waals surface area (Å²) >= 11 is 16.4. The third kappa shape index (κ3) is 5.93. The Kier molecular flexibility index (Phi) is 9.08. The first-order valence-electron chi connectivity index (χ1n) is 9.94. The smallest absolute Gasteiger partial charge is 0.319 e. The van der Waals surface area contributed by atoms with Crippen LogP contribution in [0.5, 0.6) is 5.75 Å². The molecule has 8 nitrogen and oxygen atoms in total. The maximum absolute atomic E-state index is 12.9. The van der Waals surface area contributed by atoms with Gasteiger partial charge in [-0.25, -0.2) is 0 Å². The van der Waals surface area contributed by atoms with Gasteiger partial charge in [-0.1, -0.05) is 47.1 Å². The number of esters is 1. The lowest BCUT2D eigenvalue weighted by Gasteiger charge is -2.31. The second-order valence-corrected chi connectivity index (χ2v) is 9.78. The van der Waals surface area contributed by atoms with E-state index < -0.39 is 29.6 Å². The van der Waals surface area contributed by atoms with E-state index in [-0.39, 0.29) is 26.4 Å². The van der Waals surface area contributed by atoms with Gasteiger partial charge in [-0.15, -0.1) is 0 Å². The van der Waals surface area contributed by atoms with Crippen LogP contribution in [0.15, 0.2) is 51.5 Å². The second-order valence-electron chi connectivity index (χ2n) is 7.15. The number of rotatable bonds is 7. The average molecular weight is 599 g/mol. The Morgan fingerprint density at radius 3 is 2.63 bits per heavy atom. The Labute approximate surface area is 224 Å². The van der Waals surface area contributed by atoms with Crippen LogP contribution in [0.25, 0.3) is 0 Å². The van der Waals surface area contributed by atoms with Gasteiger partial charge < -0.3 is 20.1 Å². The average Bonchev–Trinajstić information content (AvgIpc) is 2.84. The van der Waals surface area contributed by atoms with E-state index in [4.69, 9.17) is 32.7 Å². The van der Waals surface area contributed by atoms with Crippen molar-refractivity contribution in [2.75, 3.05) is 25.3 Å².